The van der Waals surface area contributed by atoms with Crippen LogP contribution in [-0.2, 0) is 16.1 Å². The molecule has 0 spiro atoms. The Labute approximate surface area is 200 Å². The van der Waals surface area contributed by atoms with Crippen LogP contribution in [0.1, 0.15) is 20.8 Å². The van der Waals surface area contributed by atoms with Crippen molar-refractivity contribution in [2.45, 2.75) is 27.3 Å². The molecule has 10 heteroatoms. The maximum atomic E-state index is 12.7. The van der Waals surface area contributed by atoms with Crippen LogP contribution in [0.4, 0.5) is 11.4 Å². The van der Waals surface area contributed by atoms with E-state index in [9.17, 15) is 19.6 Å². The monoisotopic (exact) mass is 476 g/mol. The molecule has 0 aliphatic heterocycles. The highest BCUT2D eigenvalue weighted by atomic mass is 32.1. The molecular weight excluding hydrogens is 452 g/mol. The summed E-state index contributed by atoms with van der Waals surface area (Å²) in [5, 5.41) is 23.2. The fraction of sp³-hybridized carbons (Fsp3) is 0.292. The van der Waals surface area contributed by atoms with E-state index in [1.807, 2.05) is 32.0 Å². The Kier molecular flexibility index (Phi) is 9.19. The van der Waals surface area contributed by atoms with E-state index in [1.54, 1.807) is 37.1 Å². The lowest BCUT2D eigenvalue weighted by molar-refractivity contribution is -0.121. The van der Waals surface area contributed by atoms with E-state index < -0.39 is 5.91 Å². The molecule has 1 aromatic heterocycles. The first-order chi connectivity index (χ1) is 16.2. The normalized spacial score (nSPS) is 9.74. The van der Waals surface area contributed by atoms with Gasteiger partial charge in [0.2, 0.25) is 5.91 Å². The summed E-state index contributed by atoms with van der Waals surface area (Å²) in [6.07, 6.45) is 1.48. The molecule has 34 heavy (non-hydrogen) atoms. The molecule has 2 rings (SSSR count). The lowest BCUT2D eigenvalue weighted by atomic mass is 10.1. The number of rotatable bonds is 7. The van der Waals surface area contributed by atoms with E-state index in [4.69, 9.17) is 5.26 Å². The van der Waals surface area contributed by atoms with E-state index in [0.29, 0.717) is 16.9 Å². The molecule has 1 aromatic carbocycles. The van der Waals surface area contributed by atoms with E-state index in [1.165, 1.54) is 10.8 Å². The molecule has 9 nitrogen and oxygen atoms in total. The summed E-state index contributed by atoms with van der Waals surface area (Å²) in [6.45, 7) is 5.49. The number of hydrogen-bond donors (Lipinski definition) is 2. The summed E-state index contributed by atoms with van der Waals surface area (Å²) in [5.74, 6) is -0.877. The smallest absolute Gasteiger partial charge is 0.277 e. The lowest BCUT2D eigenvalue weighted by Gasteiger charge is -2.20. The molecule has 1 heterocycles. The molecule has 0 radical (unpaired) electrons. The summed E-state index contributed by atoms with van der Waals surface area (Å²) in [5.41, 5.74) is 6.33. The zero-order valence-corrected chi connectivity index (χ0v) is 20.1. The second-order valence-corrected chi connectivity index (χ2v) is 8.27. The number of nitrogens with zero attached hydrogens (tertiary/aromatic N) is 4. The van der Waals surface area contributed by atoms with Gasteiger partial charge < -0.3 is 15.5 Å². The average molecular weight is 477 g/mol. The van der Waals surface area contributed by atoms with E-state index in [2.05, 4.69) is 22.1 Å². The fourth-order valence-electron chi connectivity index (χ4n) is 2.84. The SMILES string of the molecule is CCn1c(=C=C(C#N)C(=O)NCC#N)sc(=C=CNc2cccc(N(C)C(=O)C(C)C)c2)c1=O. The van der Waals surface area contributed by atoms with Gasteiger partial charge in [-0.05, 0) is 25.1 Å². The largest absolute Gasteiger partial charge is 0.355 e. The number of anilines is 2. The van der Waals surface area contributed by atoms with Crippen LogP contribution in [0.25, 0.3) is 11.5 Å². The third-order valence-corrected chi connectivity index (χ3v) is 5.61. The molecule has 0 aliphatic rings. The van der Waals surface area contributed by atoms with Gasteiger partial charge in [-0.3, -0.25) is 19.0 Å². The van der Waals surface area contributed by atoms with Crippen LogP contribution in [0.2, 0.25) is 0 Å². The first-order valence-corrected chi connectivity index (χ1v) is 11.2. The van der Waals surface area contributed by atoms with Crippen LogP contribution in [0.5, 0.6) is 0 Å². The van der Waals surface area contributed by atoms with E-state index in [0.717, 1.165) is 17.0 Å². The highest BCUT2D eigenvalue weighted by molar-refractivity contribution is 7.07. The molecule has 0 atom stereocenters. The number of nitriles is 2. The highest BCUT2D eigenvalue weighted by Gasteiger charge is 2.14. The molecule has 0 saturated carbocycles. The van der Waals surface area contributed by atoms with Gasteiger partial charge in [0.05, 0.1) is 6.07 Å². The highest BCUT2D eigenvalue weighted by Crippen LogP contribution is 2.19. The van der Waals surface area contributed by atoms with Crippen LogP contribution < -0.4 is 30.3 Å². The standard InChI is InChI=1S/C24H24N6O3S/c1-5-30-21(13-17(15-26)22(31)28-12-10-25)34-20(24(30)33)9-11-27-18-7-6-8-19(14-18)29(4)23(32)16(2)3/h6-8,11,14,16,27H,5,12H2,1-4H3,(H,28,31). The predicted molar refractivity (Wildman–Crippen MR) is 131 cm³/mol. The second kappa shape index (κ2) is 12.1. The Balaban J connectivity index is 2.46. The van der Waals surface area contributed by atoms with Gasteiger partial charge in [0, 0.05) is 37.1 Å². The summed E-state index contributed by atoms with van der Waals surface area (Å²) in [7, 11) is 1.71. The predicted octanol–water partition coefficient (Wildman–Crippen LogP) is 1.02. The summed E-state index contributed by atoms with van der Waals surface area (Å²) < 4.78 is 1.93. The Morgan fingerprint density at radius 1 is 1.29 bits per heavy atom. The first kappa shape index (κ1) is 25.9. The third kappa shape index (κ3) is 6.35. The Hall–Kier alpha value is -4.33. The molecule has 2 aromatic rings. The number of thiazole rings is 1. The number of benzene rings is 1. The maximum absolute atomic E-state index is 12.7. The van der Waals surface area contributed by atoms with Crippen molar-refractivity contribution in [2.75, 3.05) is 23.8 Å². The van der Waals surface area contributed by atoms with Crippen LogP contribution in [0.3, 0.4) is 0 Å². The van der Waals surface area contributed by atoms with Gasteiger partial charge in [0.15, 0.2) is 5.57 Å². The molecule has 0 unspecified atom stereocenters. The van der Waals surface area contributed by atoms with Crippen molar-refractivity contribution in [3.8, 4) is 12.1 Å². The number of hydrogen-bond acceptors (Lipinski definition) is 7. The van der Waals surface area contributed by atoms with E-state index >= 15 is 0 Å². The van der Waals surface area contributed by atoms with Crippen LogP contribution in [0.15, 0.2) is 40.8 Å². The third-order valence-electron chi connectivity index (χ3n) is 4.60. The van der Waals surface area contributed by atoms with Gasteiger partial charge in [0.1, 0.15) is 21.8 Å². The quantitative estimate of drug-likeness (QED) is 0.349. The molecule has 2 N–H and O–H groups in total. The van der Waals surface area contributed by atoms with Crippen molar-refractivity contribution >= 4 is 46.0 Å². The Morgan fingerprint density at radius 2 is 2.03 bits per heavy atom. The van der Waals surface area contributed by atoms with Crippen molar-refractivity contribution in [2.24, 2.45) is 5.92 Å². The number of carbonyl (C=O) groups is 2. The van der Waals surface area contributed by atoms with Crippen molar-refractivity contribution in [1.82, 2.24) is 9.88 Å². The van der Waals surface area contributed by atoms with Crippen molar-refractivity contribution in [3.05, 3.63) is 55.6 Å². The van der Waals surface area contributed by atoms with Crippen molar-refractivity contribution in [1.29, 1.82) is 10.5 Å². The zero-order chi connectivity index (χ0) is 25.3. The molecule has 174 valence electrons. The van der Waals surface area contributed by atoms with Gasteiger partial charge in [-0.15, -0.1) is 0 Å². The number of aromatic nitrogens is 1. The van der Waals surface area contributed by atoms with Gasteiger partial charge in [-0.1, -0.05) is 42.7 Å². The lowest BCUT2D eigenvalue weighted by Crippen LogP contribution is -2.30. The summed E-state index contributed by atoms with van der Waals surface area (Å²) in [6, 6.07) is 10.8. The van der Waals surface area contributed by atoms with Gasteiger partial charge in [-0.25, -0.2) is 0 Å². The van der Waals surface area contributed by atoms with Crippen molar-refractivity contribution < 1.29 is 9.59 Å². The minimum atomic E-state index is -0.740. The van der Waals surface area contributed by atoms with Crippen LogP contribution >= 0.6 is 11.3 Å². The molecule has 0 saturated heterocycles. The van der Waals surface area contributed by atoms with Crippen molar-refractivity contribution in [3.63, 3.8) is 0 Å². The average Bonchev–Trinajstić information content (AvgIpc) is 3.13. The van der Waals surface area contributed by atoms with Crippen LogP contribution in [-0.4, -0.2) is 30.0 Å². The molecule has 2 amide bonds. The Bertz CT molecular complexity index is 1420. The molecule has 0 fully saturated rings. The molecule has 0 aliphatic carbocycles. The van der Waals surface area contributed by atoms with Gasteiger partial charge in [-0.2, -0.15) is 10.5 Å². The fourth-order valence-corrected chi connectivity index (χ4v) is 3.82. The second-order valence-electron chi connectivity index (χ2n) is 7.27. The Morgan fingerprint density at radius 3 is 2.65 bits per heavy atom. The number of amides is 2. The molecule has 0 bridgehead atoms. The first-order valence-electron chi connectivity index (χ1n) is 10.4. The maximum Gasteiger partial charge on any atom is 0.277 e. The summed E-state index contributed by atoms with van der Waals surface area (Å²) in [4.78, 5) is 38.5. The van der Waals surface area contributed by atoms with Gasteiger partial charge in [0.25, 0.3) is 11.5 Å². The summed E-state index contributed by atoms with van der Waals surface area (Å²) >= 11 is 1.03. The van der Waals surface area contributed by atoms with Crippen LogP contribution in [0, 0.1) is 28.6 Å². The van der Waals surface area contributed by atoms with E-state index in [-0.39, 0.29) is 34.0 Å². The van der Waals surface area contributed by atoms with Gasteiger partial charge >= 0.3 is 0 Å². The minimum Gasteiger partial charge on any atom is -0.355 e. The minimum absolute atomic E-state index is 0.00663. The topological polar surface area (TPSA) is 131 Å². The molecular formula is C24H24N6O3S. The zero-order valence-electron chi connectivity index (χ0n) is 19.3. The number of carbonyl (C=O) groups excluding carboxylic acids is 2. The number of nitrogens with one attached hydrogen (secondary N) is 2.